The Labute approximate surface area is 95.0 Å². The third-order valence-electron chi connectivity index (χ3n) is 3.47. The fraction of sp³-hybridized carbons (Fsp3) is 1.00. The van der Waals surface area contributed by atoms with Crippen LogP contribution in [0.4, 0.5) is 0 Å². The van der Waals surface area contributed by atoms with Gasteiger partial charge in [-0.15, -0.1) is 0 Å². The van der Waals surface area contributed by atoms with Gasteiger partial charge < -0.3 is 11.1 Å². The molecule has 1 saturated carbocycles. The Hall–Kier alpha value is -0.0800. The maximum absolute atomic E-state index is 5.90. The van der Waals surface area contributed by atoms with Gasteiger partial charge in [0.05, 0.1) is 0 Å². The van der Waals surface area contributed by atoms with E-state index in [1.165, 1.54) is 38.5 Å². The third-order valence-corrected chi connectivity index (χ3v) is 3.47. The van der Waals surface area contributed by atoms with E-state index in [1.807, 2.05) is 0 Å². The average Bonchev–Trinajstić information content (AvgIpc) is 2.19. The SMILES string of the molecule is CC(C)CCC(C)NC1CCC(N)CC1. The molecule has 0 aliphatic heterocycles. The molecule has 2 heteroatoms. The van der Waals surface area contributed by atoms with Crippen LogP contribution < -0.4 is 11.1 Å². The Bertz CT molecular complexity index is 160. The van der Waals surface area contributed by atoms with Crippen LogP contribution in [0.1, 0.15) is 59.3 Å². The van der Waals surface area contributed by atoms with Crippen molar-refractivity contribution in [2.24, 2.45) is 11.7 Å². The molecule has 0 aromatic carbocycles. The van der Waals surface area contributed by atoms with Crippen LogP contribution in [0.5, 0.6) is 0 Å². The van der Waals surface area contributed by atoms with Gasteiger partial charge in [-0.05, 0) is 51.4 Å². The van der Waals surface area contributed by atoms with Crippen molar-refractivity contribution in [3.05, 3.63) is 0 Å². The van der Waals surface area contributed by atoms with E-state index < -0.39 is 0 Å². The van der Waals surface area contributed by atoms with E-state index in [4.69, 9.17) is 5.73 Å². The maximum atomic E-state index is 5.90. The molecule has 0 spiro atoms. The lowest BCUT2D eigenvalue weighted by Gasteiger charge is -2.29. The molecule has 1 unspecified atom stereocenters. The average molecular weight is 212 g/mol. The van der Waals surface area contributed by atoms with Crippen molar-refractivity contribution < 1.29 is 0 Å². The zero-order valence-corrected chi connectivity index (χ0v) is 10.6. The molecule has 3 N–H and O–H groups in total. The van der Waals surface area contributed by atoms with Crippen molar-refractivity contribution >= 4 is 0 Å². The Morgan fingerprint density at radius 2 is 1.67 bits per heavy atom. The molecular formula is C13H28N2. The molecule has 0 bridgehead atoms. The van der Waals surface area contributed by atoms with Crippen molar-refractivity contribution in [2.45, 2.75) is 77.4 Å². The van der Waals surface area contributed by atoms with Crippen LogP contribution in [-0.2, 0) is 0 Å². The summed E-state index contributed by atoms with van der Waals surface area (Å²) in [7, 11) is 0. The standard InChI is InChI=1S/C13H28N2/c1-10(2)4-5-11(3)15-13-8-6-12(14)7-9-13/h10-13,15H,4-9,14H2,1-3H3. The van der Waals surface area contributed by atoms with E-state index in [-0.39, 0.29) is 0 Å². The first-order valence-electron chi connectivity index (χ1n) is 6.59. The topological polar surface area (TPSA) is 38.0 Å². The highest BCUT2D eigenvalue weighted by molar-refractivity contribution is 4.80. The second-order valence-electron chi connectivity index (χ2n) is 5.65. The Morgan fingerprint density at radius 1 is 1.07 bits per heavy atom. The summed E-state index contributed by atoms with van der Waals surface area (Å²) in [5.74, 6) is 0.828. The minimum absolute atomic E-state index is 0.467. The summed E-state index contributed by atoms with van der Waals surface area (Å²) >= 11 is 0. The van der Waals surface area contributed by atoms with Crippen molar-refractivity contribution in [2.75, 3.05) is 0 Å². The zero-order chi connectivity index (χ0) is 11.3. The van der Waals surface area contributed by atoms with Crippen molar-refractivity contribution in [1.82, 2.24) is 5.32 Å². The van der Waals surface area contributed by atoms with E-state index in [9.17, 15) is 0 Å². The van der Waals surface area contributed by atoms with Crippen LogP contribution in [-0.4, -0.2) is 18.1 Å². The fourth-order valence-corrected chi connectivity index (χ4v) is 2.35. The maximum Gasteiger partial charge on any atom is 0.00706 e. The van der Waals surface area contributed by atoms with Gasteiger partial charge in [-0.25, -0.2) is 0 Å². The number of nitrogens with one attached hydrogen (secondary N) is 1. The molecular weight excluding hydrogens is 184 g/mol. The van der Waals surface area contributed by atoms with Gasteiger partial charge in [-0.2, -0.15) is 0 Å². The lowest BCUT2D eigenvalue weighted by Crippen LogP contribution is -2.41. The predicted octanol–water partition coefficient (Wildman–Crippen LogP) is 2.67. The summed E-state index contributed by atoms with van der Waals surface area (Å²) in [6, 6.07) is 1.87. The summed E-state index contributed by atoms with van der Waals surface area (Å²) in [6.07, 6.45) is 7.59. The summed E-state index contributed by atoms with van der Waals surface area (Å²) in [6.45, 7) is 6.91. The minimum atomic E-state index is 0.467. The fourth-order valence-electron chi connectivity index (χ4n) is 2.35. The second-order valence-corrected chi connectivity index (χ2v) is 5.65. The Kier molecular flexibility index (Phi) is 5.62. The molecule has 0 aromatic heterocycles. The third kappa shape index (κ3) is 5.53. The molecule has 1 aliphatic rings. The van der Waals surface area contributed by atoms with Crippen molar-refractivity contribution in [3.63, 3.8) is 0 Å². The van der Waals surface area contributed by atoms with E-state index in [1.54, 1.807) is 0 Å². The quantitative estimate of drug-likeness (QED) is 0.735. The molecule has 90 valence electrons. The number of hydrogen-bond donors (Lipinski definition) is 2. The van der Waals surface area contributed by atoms with Crippen LogP contribution in [0.3, 0.4) is 0 Å². The molecule has 0 aromatic rings. The second kappa shape index (κ2) is 6.49. The van der Waals surface area contributed by atoms with E-state index in [0.717, 1.165) is 12.0 Å². The van der Waals surface area contributed by atoms with Gasteiger partial charge in [-0.3, -0.25) is 0 Å². The molecule has 1 atom stereocenters. The molecule has 0 heterocycles. The molecule has 0 amide bonds. The van der Waals surface area contributed by atoms with E-state index >= 15 is 0 Å². The number of rotatable bonds is 5. The summed E-state index contributed by atoms with van der Waals surface area (Å²) < 4.78 is 0. The van der Waals surface area contributed by atoms with Gasteiger partial charge in [0, 0.05) is 18.1 Å². The van der Waals surface area contributed by atoms with Crippen molar-refractivity contribution in [1.29, 1.82) is 0 Å². The highest BCUT2D eigenvalue weighted by atomic mass is 14.9. The molecule has 1 rings (SSSR count). The molecule has 1 fully saturated rings. The number of nitrogens with two attached hydrogens (primary N) is 1. The number of hydrogen-bond acceptors (Lipinski definition) is 2. The lowest BCUT2D eigenvalue weighted by molar-refractivity contribution is 0.308. The van der Waals surface area contributed by atoms with Crippen LogP contribution in [0, 0.1) is 5.92 Å². The molecule has 15 heavy (non-hydrogen) atoms. The largest absolute Gasteiger partial charge is 0.328 e. The van der Waals surface area contributed by atoms with Gasteiger partial charge >= 0.3 is 0 Å². The first-order chi connectivity index (χ1) is 7.08. The molecule has 0 saturated heterocycles. The van der Waals surface area contributed by atoms with Gasteiger partial charge in [0.1, 0.15) is 0 Å². The Morgan fingerprint density at radius 3 is 2.20 bits per heavy atom. The first kappa shape index (κ1) is 13.0. The molecule has 0 radical (unpaired) electrons. The molecule has 2 nitrogen and oxygen atoms in total. The van der Waals surface area contributed by atoms with Gasteiger partial charge in [0.2, 0.25) is 0 Å². The van der Waals surface area contributed by atoms with Gasteiger partial charge in [-0.1, -0.05) is 13.8 Å². The lowest BCUT2D eigenvalue weighted by atomic mass is 9.91. The van der Waals surface area contributed by atoms with Crippen LogP contribution in [0.25, 0.3) is 0 Å². The highest BCUT2D eigenvalue weighted by Crippen LogP contribution is 2.18. The normalized spacial score (nSPS) is 29.4. The summed E-state index contributed by atoms with van der Waals surface area (Å²) in [5.41, 5.74) is 5.90. The minimum Gasteiger partial charge on any atom is -0.328 e. The smallest absolute Gasteiger partial charge is 0.00706 e. The monoisotopic (exact) mass is 212 g/mol. The van der Waals surface area contributed by atoms with E-state index in [0.29, 0.717) is 12.1 Å². The highest BCUT2D eigenvalue weighted by Gasteiger charge is 2.19. The summed E-state index contributed by atoms with van der Waals surface area (Å²) in [4.78, 5) is 0. The predicted molar refractivity (Wildman–Crippen MR) is 66.9 cm³/mol. The Balaban J connectivity index is 2.12. The van der Waals surface area contributed by atoms with Crippen LogP contribution >= 0.6 is 0 Å². The summed E-state index contributed by atoms with van der Waals surface area (Å²) in [5, 5.41) is 3.74. The molecule has 1 aliphatic carbocycles. The first-order valence-corrected chi connectivity index (χ1v) is 6.59. The zero-order valence-electron chi connectivity index (χ0n) is 10.6. The van der Waals surface area contributed by atoms with Gasteiger partial charge in [0.25, 0.3) is 0 Å². The van der Waals surface area contributed by atoms with E-state index in [2.05, 4.69) is 26.1 Å². The van der Waals surface area contributed by atoms with Crippen LogP contribution in [0.15, 0.2) is 0 Å². The van der Waals surface area contributed by atoms with Gasteiger partial charge in [0.15, 0.2) is 0 Å². The van der Waals surface area contributed by atoms with Crippen molar-refractivity contribution in [3.8, 4) is 0 Å². The van der Waals surface area contributed by atoms with Crippen LogP contribution in [0.2, 0.25) is 0 Å².